The standard InChI is InChI=1S/C11H20BNO4/c14-9(15)11-5-1-3-10(11,6-8-13-11)4-2-7-12(16)17/h13,16-17H,1-8H2,(H,14,15)/t10-,11-/m1/s1. The molecule has 17 heavy (non-hydrogen) atoms. The molecule has 0 aromatic rings. The molecule has 0 amide bonds. The van der Waals surface area contributed by atoms with Crippen molar-refractivity contribution < 1.29 is 19.9 Å². The van der Waals surface area contributed by atoms with E-state index in [0.717, 1.165) is 32.2 Å². The molecule has 0 bridgehead atoms. The van der Waals surface area contributed by atoms with E-state index < -0.39 is 18.6 Å². The normalized spacial score (nSPS) is 35.9. The zero-order chi connectivity index (χ0) is 12.5. The topological polar surface area (TPSA) is 89.8 Å². The maximum absolute atomic E-state index is 11.5. The van der Waals surface area contributed by atoms with Gasteiger partial charge in [0.05, 0.1) is 0 Å². The van der Waals surface area contributed by atoms with Gasteiger partial charge in [-0.15, -0.1) is 0 Å². The van der Waals surface area contributed by atoms with Crippen LogP contribution in [0.15, 0.2) is 0 Å². The van der Waals surface area contributed by atoms with Gasteiger partial charge in [-0.1, -0.05) is 12.8 Å². The van der Waals surface area contributed by atoms with Gasteiger partial charge in [0.1, 0.15) is 5.54 Å². The van der Waals surface area contributed by atoms with Crippen LogP contribution >= 0.6 is 0 Å². The number of rotatable bonds is 5. The van der Waals surface area contributed by atoms with Crippen molar-refractivity contribution in [3.8, 4) is 0 Å². The first-order valence-corrected chi connectivity index (χ1v) is 6.37. The van der Waals surface area contributed by atoms with Crippen molar-refractivity contribution in [3.63, 3.8) is 0 Å². The summed E-state index contributed by atoms with van der Waals surface area (Å²) in [6, 6.07) is 0. The first-order valence-electron chi connectivity index (χ1n) is 6.37. The van der Waals surface area contributed by atoms with E-state index in [-0.39, 0.29) is 5.41 Å². The van der Waals surface area contributed by atoms with Crippen LogP contribution in [0.5, 0.6) is 0 Å². The Kier molecular flexibility index (Phi) is 3.47. The summed E-state index contributed by atoms with van der Waals surface area (Å²) in [6.07, 6.45) is 5.25. The zero-order valence-corrected chi connectivity index (χ0v) is 9.98. The zero-order valence-electron chi connectivity index (χ0n) is 9.98. The van der Waals surface area contributed by atoms with Crippen LogP contribution in [0.3, 0.4) is 0 Å². The summed E-state index contributed by atoms with van der Waals surface area (Å²) in [5, 5.41) is 30.4. The average Bonchev–Trinajstić information content (AvgIpc) is 2.72. The number of carboxylic acids is 1. The molecule has 0 aromatic carbocycles. The van der Waals surface area contributed by atoms with Gasteiger partial charge in [-0.05, 0) is 38.5 Å². The summed E-state index contributed by atoms with van der Waals surface area (Å²) in [7, 11) is -1.28. The number of hydrogen-bond donors (Lipinski definition) is 4. The lowest BCUT2D eigenvalue weighted by atomic mass is 9.68. The molecule has 0 unspecified atom stereocenters. The fourth-order valence-electron chi connectivity index (χ4n) is 3.80. The SMILES string of the molecule is O=C(O)[C@]12CCC[C@@]1(CCCB(O)O)CCN2. The highest BCUT2D eigenvalue weighted by Gasteiger charge is 2.61. The summed E-state index contributed by atoms with van der Waals surface area (Å²) in [5.74, 6) is -0.739. The van der Waals surface area contributed by atoms with E-state index in [9.17, 15) is 9.90 Å². The molecule has 6 heteroatoms. The molecular weight excluding hydrogens is 221 g/mol. The summed E-state index contributed by atoms with van der Waals surface area (Å²) in [5.41, 5.74) is -0.929. The molecule has 2 aliphatic rings. The third-order valence-electron chi connectivity index (χ3n) is 4.63. The highest BCUT2D eigenvalue weighted by atomic mass is 16.4. The number of nitrogens with one attached hydrogen (secondary N) is 1. The van der Waals surface area contributed by atoms with Crippen LogP contribution in [-0.2, 0) is 4.79 Å². The van der Waals surface area contributed by atoms with E-state index >= 15 is 0 Å². The van der Waals surface area contributed by atoms with E-state index in [0.29, 0.717) is 19.2 Å². The molecule has 2 rings (SSSR count). The van der Waals surface area contributed by atoms with Gasteiger partial charge >= 0.3 is 13.1 Å². The average molecular weight is 241 g/mol. The van der Waals surface area contributed by atoms with Gasteiger partial charge in [0.15, 0.2) is 0 Å². The Labute approximate surface area is 101 Å². The Balaban J connectivity index is 2.08. The van der Waals surface area contributed by atoms with Gasteiger partial charge in [-0.2, -0.15) is 0 Å². The fourth-order valence-corrected chi connectivity index (χ4v) is 3.80. The number of aliphatic carboxylic acids is 1. The third-order valence-corrected chi connectivity index (χ3v) is 4.63. The molecule has 0 spiro atoms. The van der Waals surface area contributed by atoms with Gasteiger partial charge in [-0.3, -0.25) is 4.79 Å². The summed E-state index contributed by atoms with van der Waals surface area (Å²) in [4.78, 5) is 11.5. The predicted molar refractivity (Wildman–Crippen MR) is 63.5 cm³/mol. The summed E-state index contributed by atoms with van der Waals surface area (Å²) < 4.78 is 0. The minimum absolute atomic E-state index is 0.173. The maximum Gasteiger partial charge on any atom is 0.451 e. The number of carboxylic acid groups (broad SMARTS) is 1. The van der Waals surface area contributed by atoms with Crippen LogP contribution in [0.25, 0.3) is 0 Å². The molecule has 1 heterocycles. The number of carbonyl (C=O) groups is 1. The Bertz CT molecular complexity index is 298. The van der Waals surface area contributed by atoms with Crippen LogP contribution < -0.4 is 5.32 Å². The van der Waals surface area contributed by atoms with E-state index in [4.69, 9.17) is 10.0 Å². The first-order chi connectivity index (χ1) is 8.02. The minimum atomic E-state index is -1.28. The molecule has 1 aliphatic carbocycles. The molecular formula is C11H20BNO4. The molecule has 5 nitrogen and oxygen atoms in total. The second kappa shape index (κ2) is 4.59. The van der Waals surface area contributed by atoms with Gasteiger partial charge in [0, 0.05) is 5.41 Å². The molecule has 1 aliphatic heterocycles. The smallest absolute Gasteiger partial charge is 0.451 e. The van der Waals surface area contributed by atoms with Crippen molar-refractivity contribution in [2.45, 2.75) is 50.4 Å². The second-order valence-electron chi connectivity index (χ2n) is 5.39. The van der Waals surface area contributed by atoms with Gasteiger partial charge in [0.2, 0.25) is 0 Å². The Hall–Kier alpha value is -0.585. The van der Waals surface area contributed by atoms with Crippen LogP contribution in [-0.4, -0.2) is 40.3 Å². The molecule has 4 N–H and O–H groups in total. The monoisotopic (exact) mass is 241 g/mol. The van der Waals surface area contributed by atoms with Gasteiger partial charge < -0.3 is 20.5 Å². The Morgan fingerprint density at radius 1 is 1.29 bits per heavy atom. The highest BCUT2D eigenvalue weighted by molar-refractivity contribution is 6.40. The van der Waals surface area contributed by atoms with Crippen molar-refractivity contribution in [1.82, 2.24) is 5.32 Å². The fraction of sp³-hybridized carbons (Fsp3) is 0.909. The van der Waals surface area contributed by atoms with E-state index in [1.165, 1.54) is 0 Å². The Morgan fingerprint density at radius 3 is 2.71 bits per heavy atom. The molecule has 96 valence electrons. The van der Waals surface area contributed by atoms with E-state index in [1.54, 1.807) is 0 Å². The van der Waals surface area contributed by atoms with E-state index in [1.807, 2.05) is 0 Å². The largest absolute Gasteiger partial charge is 0.480 e. The van der Waals surface area contributed by atoms with Crippen molar-refractivity contribution in [2.24, 2.45) is 5.41 Å². The molecule has 1 saturated heterocycles. The molecule has 0 aromatic heterocycles. The number of fused-ring (bicyclic) bond motifs is 1. The van der Waals surface area contributed by atoms with Crippen LogP contribution in [0.1, 0.15) is 38.5 Å². The lowest BCUT2D eigenvalue weighted by Gasteiger charge is -2.37. The first kappa shape index (κ1) is 12.9. The van der Waals surface area contributed by atoms with Crippen LogP contribution in [0.2, 0.25) is 6.32 Å². The number of hydrogen-bond acceptors (Lipinski definition) is 4. The lowest BCUT2D eigenvalue weighted by Crippen LogP contribution is -2.54. The van der Waals surface area contributed by atoms with Crippen molar-refractivity contribution >= 4 is 13.1 Å². The highest BCUT2D eigenvalue weighted by Crippen LogP contribution is 2.55. The minimum Gasteiger partial charge on any atom is -0.480 e. The predicted octanol–water partition coefficient (Wildman–Crippen LogP) is 0.226. The summed E-state index contributed by atoms with van der Waals surface area (Å²) in [6.45, 7) is 0.758. The van der Waals surface area contributed by atoms with Crippen LogP contribution in [0.4, 0.5) is 0 Å². The molecule has 2 fully saturated rings. The van der Waals surface area contributed by atoms with Crippen molar-refractivity contribution in [1.29, 1.82) is 0 Å². The van der Waals surface area contributed by atoms with Crippen LogP contribution in [0, 0.1) is 5.41 Å². The quantitative estimate of drug-likeness (QED) is 0.517. The maximum atomic E-state index is 11.5. The third kappa shape index (κ3) is 1.98. The second-order valence-corrected chi connectivity index (χ2v) is 5.39. The van der Waals surface area contributed by atoms with Crippen molar-refractivity contribution in [3.05, 3.63) is 0 Å². The molecule has 1 saturated carbocycles. The summed E-state index contributed by atoms with van der Waals surface area (Å²) >= 11 is 0. The Morgan fingerprint density at radius 2 is 2.06 bits per heavy atom. The van der Waals surface area contributed by atoms with Gasteiger partial charge in [-0.25, -0.2) is 0 Å². The van der Waals surface area contributed by atoms with E-state index in [2.05, 4.69) is 5.32 Å². The molecule has 0 radical (unpaired) electrons. The molecule has 2 atom stereocenters. The van der Waals surface area contributed by atoms with Crippen molar-refractivity contribution in [2.75, 3.05) is 6.54 Å². The van der Waals surface area contributed by atoms with Gasteiger partial charge in [0.25, 0.3) is 0 Å². The lowest BCUT2D eigenvalue weighted by molar-refractivity contribution is -0.148.